The van der Waals surface area contributed by atoms with Crippen LogP contribution < -0.4 is 5.73 Å². The van der Waals surface area contributed by atoms with Gasteiger partial charge >= 0.3 is 6.18 Å². The largest absolute Gasteiger partial charge is 0.443 e. The highest BCUT2D eigenvalue weighted by molar-refractivity contribution is 7.11. The lowest BCUT2D eigenvalue weighted by molar-refractivity contribution is -0.137. The number of halogens is 3. The molecule has 1 aliphatic rings. The fourth-order valence-electron chi connectivity index (χ4n) is 3.12. The Kier molecular flexibility index (Phi) is 4.66. The Balaban J connectivity index is 2.27. The summed E-state index contributed by atoms with van der Waals surface area (Å²) < 4.78 is 38.1. The fraction of sp³-hybridized carbons (Fsp3) is 0.786. The lowest BCUT2D eigenvalue weighted by Crippen LogP contribution is -2.54. The average Bonchev–Trinajstić information content (AvgIpc) is 2.88. The second kappa shape index (κ2) is 5.85. The second-order valence-corrected chi connectivity index (χ2v) is 7.29. The quantitative estimate of drug-likeness (QED) is 0.923. The van der Waals surface area contributed by atoms with E-state index in [4.69, 9.17) is 5.73 Å². The Hall–Kier alpha value is -0.660. The fourth-order valence-corrected chi connectivity index (χ4v) is 4.02. The summed E-state index contributed by atoms with van der Waals surface area (Å²) >= 11 is 0.671. The number of alkyl halides is 3. The normalized spacial score (nSPS) is 28.9. The summed E-state index contributed by atoms with van der Waals surface area (Å²) in [5, 5.41) is -0.814. The lowest BCUT2D eigenvalue weighted by Gasteiger charge is -2.48. The Labute approximate surface area is 127 Å². The van der Waals surface area contributed by atoms with Crippen molar-refractivity contribution < 1.29 is 13.2 Å². The molecule has 3 nitrogen and oxygen atoms in total. The molecule has 2 rings (SSSR count). The van der Waals surface area contributed by atoms with E-state index in [9.17, 15) is 13.2 Å². The molecule has 1 atom stereocenters. The molecule has 1 fully saturated rings. The highest BCUT2D eigenvalue weighted by Crippen LogP contribution is 2.44. The Morgan fingerprint density at radius 3 is 2.38 bits per heavy atom. The van der Waals surface area contributed by atoms with E-state index in [1.54, 1.807) is 0 Å². The first-order valence-corrected chi connectivity index (χ1v) is 7.94. The molecule has 7 heteroatoms. The highest BCUT2D eigenvalue weighted by Gasteiger charge is 2.44. The molecule has 0 radical (unpaired) electrons. The van der Waals surface area contributed by atoms with Crippen molar-refractivity contribution in [3.63, 3.8) is 0 Å². The van der Waals surface area contributed by atoms with Gasteiger partial charge in [0.2, 0.25) is 0 Å². The van der Waals surface area contributed by atoms with Crippen molar-refractivity contribution >= 4 is 11.3 Å². The van der Waals surface area contributed by atoms with Crippen molar-refractivity contribution in [2.45, 2.75) is 50.4 Å². The first-order valence-electron chi connectivity index (χ1n) is 7.13. The molecule has 2 N–H and O–H groups in total. The van der Waals surface area contributed by atoms with Gasteiger partial charge in [0, 0.05) is 16.6 Å². The highest BCUT2D eigenvalue weighted by atomic mass is 32.1. The molecule has 0 aliphatic heterocycles. The molecule has 0 spiro atoms. The van der Waals surface area contributed by atoms with Crippen LogP contribution in [0.3, 0.4) is 0 Å². The van der Waals surface area contributed by atoms with E-state index in [1.165, 1.54) is 6.20 Å². The number of nitrogens with two attached hydrogens (primary N) is 1. The molecule has 0 aromatic carbocycles. The average molecular weight is 321 g/mol. The van der Waals surface area contributed by atoms with Gasteiger partial charge in [-0.3, -0.25) is 0 Å². The summed E-state index contributed by atoms with van der Waals surface area (Å²) in [6.45, 7) is 2.21. The van der Waals surface area contributed by atoms with Gasteiger partial charge in [-0.15, -0.1) is 11.3 Å². The summed E-state index contributed by atoms with van der Waals surface area (Å²) in [6.07, 6.45) is 0.813. The summed E-state index contributed by atoms with van der Waals surface area (Å²) in [5.74, 6) is 0.650. The van der Waals surface area contributed by atoms with Crippen molar-refractivity contribution in [2.24, 2.45) is 11.7 Å². The van der Waals surface area contributed by atoms with Crippen LogP contribution in [0.2, 0.25) is 0 Å². The van der Waals surface area contributed by atoms with Gasteiger partial charge in [0.1, 0.15) is 0 Å². The van der Waals surface area contributed by atoms with Crippen molar-refractivity contribution in [3.8, 4) is 0 Å². The third-order valence-corrected chi connectivity index (χ3v) is 5.81. The number of hydrogen-bond donors (Lipinski definition) is 1. The number of thiazole rings is 1. The van der Waals surface area contributed by atoms with Crippen LogP contribution in [-0.2, 0) is 6.18 Å². The molecule has 1 aromatic heterocycles. The first-order chi connectivity index (χ1) is 9.67. The van der Waals surface area contributed by atoms with Crippen LogP contribution >= 0.6 is 11.3 Å². The predicted molar refractivity (Wildman–Crippen MR) is 78.1 cm³/mol. The first kappa shape index (κ1) is 16.7. The van der Waals surface area contributed by atoms with E-state index < -0.39 is 17.2 Å². The zero-order valence-electron chi connectivity index (χ0n) is 12.6. The minimum atomic E-state index is -4.39. The summed E-state index contributed by atoms with van der Waals surface area (Å²) in [7, 11) is 3.92. The predicted octanol–water partition coefficient (Wildman–Crippen LogP) is 3.67. The number of hydrogen-bond acceptors (Lipinski definition) is 4. The Morgan fingerprint density at radius 2 is 1.95 bits per heavy atom. The maximum absolute atomic E-state index is 12.7. The third-order valence-electron chi connectivity index (χ3n) is 4.68. The smallest absolute Gasteiger partial charge is 0.322 e. The van der Waals surface area contributed by atoms with Gasteiger partial charge in [-0.1, -0.05) is 6.92 Å². The molecule has 1 aliphatic carbocycles. The SMILES string of the molecule is CC1CCC(C(N)c2cnc(C(F)(F)F)s2)(N(C)C)CC1. The van der Waals surface area contributed by atoms with Crippen LogP contribution in [0.25, 0.3) is 0 Å². The molecular weight excluding hydrogens is 299 g/mol. The van der Waals surface area contributed by atoms with E-state index in [-0.39, 0.29) is 5.54 Å². The molecule has 1 unspecified atom stereocenters. The topological polar surface area (TPSA) is 42.1 Å². The van der Waals surface area contributed by atoms with Crippen LogP contribution in [0.4, 0.5) is 13.2 Å². The van der Waals surface area contributed by atoms with E-state index >= 15 is 0 Å². The minimum absolute atomic E-state index is 0.276. The van der Waals surface area contributed by atoms with Gasteiger partial charge < -0.3 is 10.6 Å². The van der Waals surface area contributed by atoms with Gasteiger partial charge in [-0.05, 0) is 45.7 Å². The summed E-state index contributed by atoms with van der Waals surface area (Å²) in [6, 6.07) is -0.436. The van der Waals surface area contributed by atoms with Gasteiger partial charge in [-0.2, -0.15) is 13.2 Å². The molecule has 1 heterocycles. The van der Waals surface area contributed by atoms with E-state index in [0.717, 1.165) is 25.7 Å². The van der Waals surface area contributed by atoms with Crippen molar-refractivity contribution in [3.05, 3.63) is 16.1 Å². The number of likely N-dealkylation sites (N-methyl/N-ethyl adjacent to an activating group) is 1. The van der Waals surface area contributed by atoms with E-state index in [1.807, 2.05) is 14.1 Å². The number of nitrogens with zero attached hydrogens (tertiary/aromatic N) is 2. The third kappa shape index (κ3) is 3.24. The Bertz CT molecular complexity index is 476. The van der Waals surface area contributed by atoms with Crippen LogP contribution in [-0.4, -0.2) is 29.5 Å². The summed E-state index contributed by atoms with van der Waals surface area (Å²) in [4.78, 5) is 6.10. The number of aromatic nitrogens is 1. The van der Waals surface area contributed by atoms with Gasteiger partial charge in [-0.25, -0.2) is 4.98 Å². The van der Waals surface area contributed by atoms with E-state index in [0.29, 0.717) is 22.1 Å². The van der Waals surface area contributed by atoms with Crippen molar-refractivity contribution in [1.82, 2.24) is 9.88 Å². The van der Waals surface area contributed by atoms with Crippen molar-refractivity contribution in [1.29, 1.82) is 0 Å². The second-order valence-electron chi connectivity index (χ2n) is 6.22. The van der Waals surface area contributed by atoms with Crippen LogP contribution in [0, 0.1) is 5.92 Å². The van der Waals surface area contributed by atoms with Gasteiger partial charge in [0.25, 0.3) is 0 Å². The molecule has 1 saturated carbocycles. The molecular formula is C14H22F3N3S. The standard InChI is InChI=1S/C14H22F3N3S/c1-9-4-6-13(7-5-9,20(2)3)11(18)10-8-19-12(21-10)14(15,16)17/h8-9,11H,4-7,18H2,1-3H3. The van der Waals surface area contributed by atoms with Crippen LogP contribution in [0.15, 0.2) is 6.20 Å². The monoisotopic (exact) mass is 321 g/mol. The molecule has 120 valence electrons. The van der Waals surface area contributed by atoms with Crippen molar-refractivity contribution in [2.75, 3.05) is 14.1 Å². The minimum Gasteiger partial charge on any atom is -0.322 e. The molecule has 0 amide bonds. The molecule has 1 aromatic rings. The van der Waals surface area contributed by atoms with Crippen LogP contribution in [0.5, 0.6) is 0 Å². The van der Waals surface area contributed by atoms with E-state index in [2.05, 4.69) is 16.8 Å². The zero-order valence-corrected chi connectivity index (χ0v) is 13.4. The Morgan fingerprint density at radius 1 is 1.38 bits per heavy atom. The maximum Gasteiger partial charge on any atom is 0.443 e. The molecule has 0 bridgehead atoms. The molecule has 21 heavy (non-hydrogen) atoms. The van der Waals surface area contributed by atoms with Gasteiger partial charge in [0.05, 0.1) is 6.04 Å². The lowest BCUT2D eigenvalue weighted by atomic mass is 9.72. The van der Waals surface area contributed by atoms with Gasteiger partial charge in [0.15, 0.2) is 5.01 Å². The van der Waals surface area contributed by atoms with Crippen LogP contribution in [0.1, 0.15) is 48.5 Å². The number of rotatable bonds is 3. The molecule has 0 saturated heterocycles. The maximum atomic E-state index is 12.7. The summed E-state index contributed by atoms with van der Waals surface area (Å²) in [5.41, 5.74) is 6.09. The zero-order chi connectivity index (χ0) is 15.8.